The Balaban J connectivity index is 1.60. The standard InChI is InChI=1S/C27H31N3O6/c1-34-21-11-5-8-19(16-21)18-30(24(31)17-28-26(32)23-13-7-15-36-23)25(22-12-6-14-35-22)27(33)29-20-9-3-2-4-10-20/h5-8,11-16,20,25H,2-4,9-10,17-18H2,1H3,(H,28,32)(H,29,33)/t25-/m1/s1. The van der Waals surface area contributed by atoms with Gasteiger partial charge in [0.05, 0.1) is 26.2 Å². The van der Waals surface area contributed by atoms with Crippen molar-refractivity contribution in [1.82, 2.24) is 15.5 Å². The zero-order valence-electron chi connectivity index (χ0n) is 20.3. The Hall–Kier alpha value is -4.01. The third-order valence-electron chi connectivity index (χ3n) is 6.28. The van der Waals surface area contributed by atoms with Gasteiger partial charge in [0, 0.05) is 12.6 Å². The number of amides is 3. The molecule has 1 fully saturated rings. The molecule has 9 nitrogen and oxygen atoms in total. The van der Waals surface area contributed by atoms with Crippen LogP contribution in [0.2, 0.25) is 0 Å². The number of nitrogens with one attached hydrogen (secondary N) is 2. The Morgan fingerprint density at radius 3 is 2.50 bits per heavy atom. The normalized spacial score (nSPS) is 14.6. The van der Waals surface area contributed by atoms with E-state index in [4.69, 9.17) is 13.6 Å². The summed E-state index contributed by atoms with van der Waals surface area (Å²) in [6.45, 7) is -0.215. The molecular formula is C27H31N3O6. The first-order chi connectivity index (χ1) is 17.5. The Bertz CT molecular complexity index is 1140. The fourth-order valence-corrected chi connectivity index (χ4v) is 4.44. The molecule has 1 saturated carbocycles. The van der Waals surface area contributed by atoms with Gasteiger partial charge in [0.25, 0.3) is 11.8 Å². The molecule has 4 rings (SSSR count). The van der Waals surface area contributed by atoms with E-state index in [0.29, 0.717) is 11.5 Å². The first-order valence-electron chi connectivity index (χ1n) is 12.1. The van der Waals surface area contributed by atoms with Gasteiger partial charge in [-0.15, -0.1) is 0 Å². The quantitative estimate of drug-likeness (QED) is 0.444. The van der Waals surface area contributed by atoms with E-state index in [2.05, 4.69) is 10.6 Å². The molecule has 0 radical (unpaired) electrons. The number of furan rings is 2. The molecular weight excluding hydrogens is 462 g/mol. The third-order valence-corrected chi connectivity index (χ3v) is 6.28. The van der Waals surface area contributed by atoms with Crippen LogP contribution in [0, 0.1) is 0 Å². The molecule has 1 aromatic carbocycles. The van der Waals surface area contributed by atoms with Crippen molar-refractivity contribution < 1.29 is 28.0 Å². The van der Waals surface area contributed by atoms with Crippen molar-refractivity contribution in [2.45, 2.75) is 50.7 Å². The van der Waals surface area contributed by atoms with Crippen molar-refractivity contribution in [2.75, 3.05) is 13.7 Å². The highest BCUT2D eigenvalue weighted by atomic mass is 16.5. The molecule has 0 unspecified atom stereocenters. The fraction of sp³-hybridized carbons (Fsp3) is 0.370. The first kappa shape index (κ1) is 25.1. The largest absolute Gasteiger partial charge is 0.497 e. The average Bonchev–Trinajstić information content (AvgIpc) is 3.62. The van der Waals surface area contributed by atoms with Crippen LogP contribution in [0.5, 0.6) is 5.75 Å². The summed E-state index contributed by atoms with van der Waals surface area (Å²) in [6.07, 6.45) is 7.93. The Morgan fingerprint density at radius 1 is 1.03 bits per heavy atom. The Kier molecular flexibility index (Phi) is 8.44. The van der Waals surface area contributed by atoms with Gasteiger partial charge in [-0.3, -0.25) is 14.4 Å². The molecule has 1 aliphatic carbocycles. The third kappa shape index (κ3) is 6.35. The Morgan fingerprint density at radius 2 is 1.81 bits per heavy atom. The van der Waals surface area contributed by atoms with Gasteiger partial charge in [0.2, 0.25) is 5.91 Å². The molecule has 1 aliphatic rings. The second-order valence-electron chi connectivity index (χ2n) is 8.79. The van der Waals surface area contributed by atoms with Crippen LogP contribution in [0.15, 0.2) is 69.9 Å². The molecule has 3 aromatic rings. The molecule has 9 heteroatoms. The smallest absolute Gasteiger partial charge is 0.287 e. The highest BCUT2D eigenvalue weighted by molar-refractivity contribution is 5.95. The zero-order chi connectivity index (χ0) is 25.3. The lowest BCUT2D eigenvalue weighted by Gasteiger charge is -2.32. The molecule has 0 saturated heterocycles. The van der Waals surface area contributed by atoms with E-state index in [-0.39, 0.29) is 30.8 Å². The lowest BCUT2D eigenvalue weighted by molar-refractivity contribution is -0.142. The molecule has 1 atom stereocenters. The number of carbonyl (C=O) groups excluding carboxylic acids is 3. The van der Waals surface area contributed by atoms with Crippen LogP contribution in [0.4, 0.5) is 0 Å². The molecule has 2 heterocycles. The number of benzene rings is 1. The molecule has 36 heavy (non-hydrogen) atoms. The van der Waals surface area contributed by atoms with Crippen LogP contribution in [-0.2, 0) is 16.1 Å². The minimum absolute atomic E-state index is 0.0520. The number of methoxy groups -OCH3 is 1. The average molecular weight is 494 g/mol. The van der Waals surface area contributed by atoms with Crippen LogP contribution < -0.4 is 15.4 Å². The minimum Gasteiger partial charge on any atom is -0.497 e. The molecule has 2 N–H and O–H groups in total. The van der Waals surface area contributed by atoms with Gasteiger partial charge >= 0.3 is 0 Å². The number of nitrogens with zero attached hydrogens (tertiary/aromatic N) is 1. The monoisotopic (exact) mass is 493 g/mol. The summed E-state index contributed by atoms with van der Waals surface area (Å²) < 4.78 is 16.1. The summed E-state index contributed by atoms with van der Waals surface area (Å²) in [4.78, 5) is 40.9. The van der Waals surface area contributed by atoms with Crippen LogP contribution in [0.3, 0.4) is 0 Å². The fourth-order valence-electron chi connectivity index (χ4n) is 4.44. The molecule has 190 valence electrons. The molecule has 2 aromatic heterocycles. The van der Waals surface area contributed by atoms with E-state index in [1.54, 1.807) is 37.4 Å². The topological polar surface area (TPSA) is 114 Å². The maximum absolute atomic E-state index is 13.6. The van der Waals surface area contributed by atoms with Crippen molar-refractivity contribution in [3.63, 3.8) is 0 Å². The van der Waals surface area contributed by atoms with Crippen molar-refractivity contribution in [2.24, 2.45) is 0 Å². The maximum Gasteiger partial charge on any atom is 0.287 e. The summed E-state index contributed by atoms with van der Waals surface area (Å²) in [6, 6.07) is 12.8. The second-order valence-corrected chi connectivity index (χ2v) is 8.79. The van der Waals surface area contributed by atoms with Crippen LogP contribution in [0.25, 0.3) is 0 Å². The van der Waals surface area contributed by atoms with E-state index in [9.17, 15) is 14.4 Å². The van der Waals surface area contributed by atoms with E-state index in [1.807, 2.05) is 12.1 Å². The number of carbonyl (C=O) groups is 3. The van der Waals surface area contributed by atoms with Crippen molar-refractivity contribution >= 4 is 17.7 Å². The summed E-state index contributed by atoms with van der Waals surface area (Å²) in [5, 5.41) is 5.70. The van der Waals surface area contributed by atoms with E-state index in [0.717, 1.165) is 37.7 Å². The summed E-state index contributed by atoms with van der Waals surface area (Å²) in [5.41, 5.74) is 0.766. The SMILES string of the molecule is COc1cccc(CN(C(=O)CNC(=O)c2ccco2)[C@@H](C(=O)NC2CCCCC2)c2ccco2)c1. The van der Waals surface area contributed by atoms with Crippen molar-refractivity contribution in [1.29, 1.82) is 0 Å². The first-order valence-corrected chi connectivity index (χ1v) is 12.1. The summed E-state index contributed by atoms with van der Waals surface area (Å²) >= 11 is 0. The van der Waals surface area contributed by atoms with Gasteiger partial charge in [-0.2, -0.15) is 0 Å². The lowest BCUT2D eigenvalue weighted by Crippen LogP contribution is -2.49. The molecule has 0 spiro atoms. The maximum atomic E-state index is 13.6. The summed E-state index contributed by atoms with van der Waals surface area (Å²) in [5.74, 6) is -0.205. The van der Waals surface area contributed by atoms with Crippen molar-refractivity contribution in [3.05, 3.63) is 78.1 Å². The van der Waals surface area contributed by atoms with E-state index in [1.165, 1.54) is 23.5 Å². The number of hydrogen-bond donors (Lipinski definition) is 2. The minimum atomic E-state index is -1.01. The number of hydrogen-bond acceptors (Lipinski definition) is 6. The van der Waals surface area contributed by atoms with Gasteiger partial charge in [0.1, 0.15) is 11.5 Å². The van der Waals surface area contributed by atoms with E-state index >= 15 is 0 Å². The lowest BCUT2D eigenvalue weighted by atomic mass is 9.95. The second kappa shape index (κ2) is 12.1. The van der Waals surface area contributed by atoms with Gasteiger partial charge in [-0.1, -0.05) is 31.4 Å². The van der Waals surface area contributed by atoms with E-state index < -0.39 is 17.9 Å². The van der Waals surface area contributed by atoms with Gasteiger partial charge in [-0.05, 0) is 54.8 Å². The van der Waals surface area contributed by atoms with Crippen LogP contribution >= 0.6 is 0 Å². The number of rotatable bonds is 10. The predicted molar refractivity (Wildman–Crippen MR) is 131 cm³/mol. The van der Waals surface area contributed by atoms with Crippen molar-refractivity contribution in [3.8, 4) is 5.75 Å². The summed E-state index contributed by atoms with van der Waals surface area (Å²) in [7, 11) is 1.56. The van der Waals surface area contributed by atoms with Gasteiger partial charge < -0.3 is 29.1 Å². The van der Waals surface area contributed by atoms with Gasteiger partial charge in [-0.25, -0.2) is 0 Å². The Labute approximate surface area is 209 Å². The van der Waals surface area contributed by atoms with Crippen LogP contribution in [0.1, 0.15) is 60.0 Å². The zero-order valence-corrected chi connectivity index (χ0v) is 20.3. The van der Waals surface area contributed by atoms with Gasteiger partial charge in [0.15, 0.2) is 11.8 Å². The number of ether oxygens (including phenoxy) is 1. The molecule has 0 aliphatic heterocycles. The molecule has 0 bridgehead atoms. The highest BCUT2D eigenvalue weighted by Crippen LogP contribution is 2.27. The highest BCUT2D eigenvalue weighted by Gasteiger charge is 2.35. The predicted octanol–water partition coefficient (Wildman–Crippen LogP) is 3.83. The molecule has 3 amide bonds. The van der Waals surface area contributed by atoms with Crippen LogP contribution in [-0.4, -0.2) is 42.3 Å².